The summed E-state index contributed by atoms with van der Waals surface area (Å²) in [7, 11) is 0. The van der Waals surface area contributed by atoms with Crippen LogP contribution in [0.25, 0.3) is 0 Å². The van der Waals surface area contributed by atoms with Gasteiger partial charge in [0, 0.05) is 17.9 Å². The third-order valence-corrected chi connectivity index (χ3v) is 5.56. The summed E-state index contributed by atoms with van der Waals surface area (Å²) in [5, 5.41) is 3.01. The number of nitrogens with one attached hydrogen (secondary N) is 1. The number of hydrogen-bond acceptors (Lipinski definition) is 2. The van der Waals surface area contributed by atoms with Crippen molar-refractivity contribution in [1.29, 1.82) is 0 Å². The highest BCUT2D eigenvalue weighted by molar-refractivity contribution is 5.99. The molecule has 2 aliphatic rings. The summed E-state index contributed by atoms with van der Waals surface area (Å²) in [5.41, 5.74) is -1.000. The lowest BCUT2D eigenvalue weighted by Crippen LogP contribution is -2.48. The summed E-state index contributed by atoms with van der Waals surface area (Å²) >= 11 is 0. The number of ketones is 1. The molecule has 0 aliphatic heterocycles. The van der Waals surface area contributed by atoms with Crippen LogP contribution in [0.1, 0.15) is 53.9 Å². The van der Waals surface area contributed by atoms with E-state index >= 15 is 0 Å². The third kappa shape index (κ3) is 1.28. The first-order valence-electron chi connectivity index (χ1n) is 6.52. The van der Waals surface area contributed by atoms with Gasteiger partial charge in [-0.1, -0.05) is 20.8 Å². The quantitative estimate of drug-likeness (QED) is 0.801. The molecule has 17 heavy (non-hydrogen) atoms. The maximum absolute atomic E-state index is 12.5. The predicted molar refractivity (Wildman–Crippen MR) is 66.5 cm³/mol. The largest absolute Gasteiger partial charge is 0.353 e. The zero-order valence-electron chi connectivity index (χ0n) is 11.5. The number of carbonyl (C=O) groups excluding carboxylic acids is 2. The van der Waals surface area contributed by atoms with Crippen LogP contribution in [0, 0.1) is 16.2 Å². The Balaban J connectivity index is 2.40. The minimum Gasteiger partial charge on any atom is -0.353 e. The molecule has 2 atom stereocenters. The van der Waals surface area contributed by atoms with E-state index in [-0.39, 0.29) is 28.6 Å². The van der Waals surface area contributed by atoms with Crippen LogP contribution < -0.4 is 5.32 Å². The normalized spacial score (nSPS) is 38.8. The Morgan fingerprint density at radius 3 is 2.18 bits per heavy atom. The standard InChI is InChI=1S/C14H23NO2/c1-9(2)15-11(17)14-7-6-13(5,10(16)8-14)12(14,3)4/h9H,6-8H2,1-5H3,(H,15,17)/t13-,14+/m0/s1. The molecular formula is C14H23NO2. The van der Waals surface area contributed by atoms with Crippen molar-refractivity contribution >= 4 is 11.7 Å². The Kier molecular flexibility index (Phi) is 2.47. The molecular weight excluding hydrogens is 214 g/mol. The Morgan fingerprint density at radius 2 is 1.82 bits per heavy atom. The molecule has 3 heteroatoms. The van der Waals surface area contributed by atoms with Gasteiger partial charge in [-0.15, -0.1) is 0 Å². The second-order valence-electron chi connectivity index (χ2n) is 6.77. The van der Waals surface area contributed by atoms with Gasteiger partial charge in [0.2, 0.25) is 5.91 Å². The van der Waals surface area contributed by atoms with Gasteiger partial charge in [0.25, 0.3) is 0 Å². The topological polar surface area (TPSA) is 46.2 Å². The molecule has 2 fully saturated rings. The molecule has 2 bridgehead atoms. The molecule has 2 rings (SSSR count). The van der Waals surface area contributed by atoms with E-state index < -0.39 is 5.41 Å². The van der Waals surface area contributed by atoms with Gasteiger partial charge in [-0.05, 0) is 32.1 Å². The SMILES string of the molecule is CC(C)NC(=O)[C@@]12CC[C@@](C)(C(=O)C1)C2(C)C. The Labute approximate surface area is 103 Å². The molecule has 96 valence electrons. The fourth-order valence-electron chi connectivity index (χ4n) is 3.76. The second-order valence-corrected chi connectivity index (χ2v) is 6.77. The maximum atomic E-state index is 12.5. The lowest BCUT2D eigenvalue weighted by molar-refractivity contribution is -0.137. The number of amides is 1. The van der Waals surface area contributed by atoms with Crippen molar-refractivity contribution in [1.82, 2.24) is 5.32 Å². The van der Waals surface area contributed by atoms with Crippen LogP contribution in [0.4, 0.5) is 0 Å². The summed E-state index contributed by atoms with van der Waals surface area (Å²) in [6.07, 6.45) is 2.13. The lowest BCUT2D eigenvalue weighted by Gasteiger charge is -2.39. The van der Waals surface area contributed by atoms with Crippen LogP contribution in [0.3, 0.4) is 0 Å². The van der Waals surface area contributed by atoms with Crippen LogP contribution in [-0.2, 0) is 9.59 Å². The first-order chi connectivity index (χ1) is 7.67. The van der Waals surface area contributed by atoms with Crippen LogP contribution >= 0.6 is 0 Å². The highest BCUT2D eigenvalue weighted by atomic mass is 16.2. The Hall–Kier alpha value is -0.860. The number of hydrogen-bond donors (Lipinski definition) is 1. The Morgan fingerprint density at radius 1 is 1.24 bits per heavy atom. The van der Waals surface area contributed by atoms with Gasteiger partial charge in [0.1, 0.15) is 5.78 Å². The molecule has 0 heterocycles. The van der Waals surface area contributed by atoms with Crippen LogP contribution in [-0.4, -0.2) is 17.7 Å². The number of carbonyl (C=O) groups is 2. The summed E-state index contributed by atoms with van der Waals surface area (Å²) in [6, 6.07) is 0.134. The van der Waals surface area contributed by atoms with E-state index in [1.54, 1.807) is 0 Å². The summed E-state index contributed by atoms with van der Waals surface area (Å²) < 4.78 is 0. The molecule has 0 radical (unpaired) electrons. The molecule has 1 N–H and O–H groups in total. The van der Waals surface area contributed by atoms with E-state index in [9.17, 15) is 9.59 Å². The van der Waals surface area contributed by atoms with Crippen molar-refractivity contribution in [3.05, 3.63) is 0 Å². The number of rotatable bonds is 2. The molecule has 0 aromatic heterocycles. The molecule has 3 nitrogen and oxygen atoms in total. The van der Waals surface area contributed by atoms with Gasteiger partial charge < -0.3 is 5.32 Å². The minimum atomic E-state index is -0.469. The van der Waals surface area contributed by atoms with E-state index in [4.69, 9.17) is 0 Å². The highest BCUT2D eigenvalue weighted by Crippen LogP contribution is 2.70. The smallest absolute Gasteiger partial charge is 0.227 e. The van der Waals surface area contributed by atoms with Crippen molar-refractivity contribution in [3.63, 3.8) is 0 Å². The molecule has 0 unspecified atom stereocenters. The van der Waals surface area contributed by atoms with E-state index in [0.717, 1.165) is 12.8 Å². The highest BCUT2D eigenvalue weighted by Gasteiger charge is 2.72. The Bertz CT molecular complexity index is 386. The summed E-state index contributed by atoms with van der Waals surface area (Å²) in [4.78, 5) is 24.7. The van der Waals surface area contributed by atoms with Crippen molar-refractivity contribution < 1.29 is 9.59 Å². The first-order valence-corrected chi connectivity index (χ1v) is 6.52. The van der Waals surface area contributed by atoms with Crippen molar-refractivity contribution in [2.24, 2.45) is 16.2 Å². The van der Waals surface area contributed by atoms with Crippen molar-refractivity contribution in [2.45, 2.75) is 59.9 Å². The van der Waals surface area contributed by atoms with Gasteiger partial charge in [-0.3, -0.25) is 9.59 Å². The summed E-state index contributed by atoms with van der Waals surface area (Å²) in [6.45, 7) is 10.1. The van der Waals surface area contributed by atoms with Crippen molar-refractivity contribution in [3.8, 4) is 0 Å². The minimum absolute atomic E-state index is 0.0760. The van der Waals surface area contributed by atoms with E-state index in [1.807, 2.05) is 20.8 Å². The number of Topliss-reactive ketones (excluding diaryl/α,β-unsaturated/α-hetero) is 1. The lowest BCUT2D eigenvalue weighted by atomic mass is 9.64. The maximum Gasteiger partial charge on any atom is 0.227 e. The third-order valence-electron chi connectivity index (χ3n) is 5.56. The zero-order chi connectivity index (χ0) is 13.1. The molecule has 0 aromatic carbocycles. The molecule has 0 saturated heterocycles. The molecule has 1 amide bonds. The van der Waals surface area contributed by atoms with Crippen LogP contribution in [0.2, 0.25) is 0 Å². The fraction of sp³-hybridized carbons (Fsp3) is 0.857. The van der Waals surface area contributed by atoms with Gasteiger partial charge in [-0.2, -0.15) is 0 Å². The average Bonchev–Trinajstić information content (AvgIpc) is 2.47. The predicted octanol–water partition coefficient (Wildman–Crippen LogP) is 2.30. The molecule has 0 aromatic rings. The van der Waals surface area contributed by atoms with E-state index in [2.05, 4.69) is 19.2 Å². The van der Waals surface area contributed by atoms with E-state index in [0.29, 0.717) is 6.42 Å². The average molecular weight is 237 g/mol. The molecule has 2 aliphatic carbocycles. The number of fused-ring (bicyclic) bond motifs is 2. The van der Waals surface area contributed by atoms with Crippen molar-refractivity contribution in [2.75, 3.05) is 0 Å². The van der Waals surface area contributed by atoms with Crippen LogP contribution in [0.15, 0.2) is 0 Å². The van der Waals surface area contributed by atoms with E-state index in [1.165, 1.54) is 0 Å². The second kappa shape index (κ2) is 3.33. The van der Waals surface area contributed by atoms with Gasteiger partial charge in [0.15, 0.2) is 0 Å². The fourth-order valence-corrected chi connectivity index (χ4v) is 3.76. The zero-order valence-corrected chi connectivity index (χ0v) is 11.5. The summed E-state index contributed by atoms with van der Waals surface area (Å²) in [5.74, 6) is 0.347. The molecule has 0 spiro atoms. The van der Waals surface area contributed by atoms with Gasteiger partial charge in [-0.25, -0.2) is 0 Å². The monoisotopic (exact) mass is 237 g/mol. The van der Waals surface area contributed by atoms with Gasteiger partial charge in [0.05, 0.1) is 5.41 Å². The van der Waals surface area contributed by atoms with Crippen LogP contribution in [0.5, 0.6) is 0 Å². The van der Waals surface area contributed by atoms with Gasteiger partial charge >= 0.3 is 0 Å². The molecule has 2 saturated carbocycles. The first kappa shape index (κ1) is 12.6.